The number of anilines is 1. The van der Waals surface area contributed by atoms with E-state index in [2.05, 4.69) is 5.32 Å². The van der Waals surface area contributed by atoms with Crippen LogP contribution in [0.2, 0.25) is 0 Å². The van der Waals surface area contributed by atoms with Crippen molar-refractivity contribution in [3.05, 3.63) is 114 Å². The van der Waals surface area contributed by atoms with Crippen LogP contribution in [0, 0.1) is 0 Å². The molecule has 4 aromatic carbocycles. The zero-order valence-electron chi connectivity index (χ0n) is 16.0. The number of hydrogen-bond donors (Lipinski definition) is 1. The van der Waals surface area contributed by atoms with Crippen LogP contribution in [0.5, 0.6) is 0 Å². The molecule has 0 atom stereocenters. The molecular formula is C26H17NO3. The van der Waals surface area contributed by atoms with E-state index in [1.54, 1.807) is 36.4 Å². The Balaban J connectivity index is 1.61. The van der Waals surface area contributed by atoms with Crippen molar-refractivity contribution in [3.63, 3.8) is 0 Å². The molecule has 0 bridgehead atoms. The van der Waals surface area contributed by atoms with Crippen LogP contribution in [0.4, 0.5) is 5.69 Å². The van der Waals surface area contributed by atoms with Gasteiger partial charge in [0.25, 0.3) is 5.91 Å². The molecule has 5 aromatic rings. The Morgan fingerprint density at radius 3 is 2.17 bits per heavy atom. The van der Waals surface area contributed by atoms with Crippen LogP contribution in [0.15, 0.2) is 101 Å². The van der Waals surface area contributed by atoms with E-state index >= 15 is 0 Å². The molecule has 0 fully saturated rings. The Bertz CT molecular complexity index is 1390. The second-order valence-corrected chi connectivity index (χ2v) is 6.98. The molecule has 5 rings (SSSR count). The third-order valence-corrected chi connectivity index (χ3v) is 5.11. The molecule has 0 unspecified atom stereocenters. The van der Waals surface area contributed by atoms with E-state index in [4.69, 9.17) is 4.42 Å². The van der Waals surface area contributed by atoms with Gasteiger partial charge in [0.2, 0.25) is 5.78 Å². The number of carbonyl (C=O) groups excluding carboxylic acids is 2. The maximum Gasteiger partial charge on any atom is 0.256 e. The quantitative estimate of drug-likeness (QED) is 0.378. The van der Waals surface area contributed by atoms with Gasteiger partial charge >= 0.3 is 0 Å². The molecular weight excluding hydrogens is 374 g/mol. The summed E-state index contributed by atoms with van der Waals surface area (Å²) < 4.78 is 5.88. The van der Waals surface area contributed by atoms with Crippen molar-refractivity contribution < 1.29 is 14.0 Å². The summed E-state index contributed by atoms with van der Waals surface area (Å²) in [4.78, 5) is 26.3. The number of para-hydroxylation sites is 1. The van der Waals surface area contributed by atoms with Crippen molar-refractivity contribution in [1.29, 1.82) is 0 Å². The SMILES string of the molecule is O=C(c1ccccc1)c1oc2ccccc2c1NC(=O)c1cccc2ccccc12. The fourth-order valence-electron chi connectivity index (χ4n) is 3.65. The maximum atomic E-state index is 13.2. The summed E-state index contributed by atoms with van der Waals surface area (Å²) in [5, 5.41) is 5.45. The fraction of sp³-hybridized carbons (Fsp3) is 0. The minimum atomic E-state index is -0.291. The Kier molecular flexibility index (Phi) is 4.37. The molecule has 1 amide bonds. The second-order valence-electron chi connectivity index (χ2n) is 6.98. The minimum absolute atomic E-state index is 0.121. The average Bonchev–Trinajstić information content (AvgIpc) is 3.17. The predicted octanol–water partition coefficient (Wildman–Crippen LogP) is 6.07. The summed E-state index contributed by atoms with van der Waals surface area (Å²) >= 11 is 0. The molecule has 0 saturated carbocycles. The van der Waals surface area contributed by atoms with Gasteiger partial charge < -0.3 is 9.73 Å². The summed E-state index contributed by atoms with van der Waals surface area (Å²) in [5.74, 6) is -0.448. The van der Waals surface area contributed by atoms with Crippen LogP contribution < -0.4 is 5.32 Å². The number of hydrogen-bond acceptors (Lipinski definition) is 3. The number of ketones is 1. The van der Waals surface area contributed by atoms with E-state index in [-0.39, 0.29) is 17.5 Å². The first-order valence-corrected chi connectivity index (χ1v) is 9.63. The van der Waals surface area contributed by atoms with E-state index in [1.807, 2.05) is 60.7 Å². The molecule has 1 aromatic heterocycles. The molecule has 0 aliphatic rings. The van der Waals surface area contributed by atoms with Gasteiger partial charge in [-0.25, -0.2) is 0 Å². The number of carbonyl (C=O) groups is 2. The normalized spacial score (nSPS) is 10.9. The lowest BCUT2D eigenvalue weighted by Crippen LogP contribution is -2.14. The Morgan fingerprint density at radius 1 is 0.667 bits per heavy atom. The van der Waals surface area contributed by atoms with Crippen LogP contribution in [0.25, 0.3) is 21.7 Å². The van der Waals surface area contributed by atoms with Gasteiger partial charge in [-0.1, -0.05) is 78.9 Å². The molecule has 1 N–H and O–H groups in total. The molecule has 0 aliphatic carbocycles. The van der Waals surface area contributed by atoms with Crippen LogP contribution in [0.3, 0.4) is 0 Å². The first kappa shape index (κ1) is 17.9. The number of benzene rings is 4. The van der Waals surface area contributed by atoms with Crippen LogP contribution in [-0.4, -0.2) is 11.7 Å². The Hall–Kier alpha value is -4.18. The van der Waals surface area contributed by atoms with E-state index in [0.717, 1.165) is 10.8 Å². The van der Waals surface area contributed by atoms with Crippen molar-refractivity contribution in [2.75, 3.05) is 5.32 Å². The molecule has 1 heterocycles. The molecule has 30 heavy (non-hydrogen) atoms. The Labute approximate surface area is 172 Å². The van der Waals surface area contributed by atoms with Gasteiger partial charge in [0.05, 0.1) is 5.69 Å². The van der Waals surface area contributed by atoms with E-state index in [0.29, 0.717) is 27.8 Å². The van der Waals surface area contributed by atoms with Gasteiger partial charge in [-0.3, -0.25) is 9.59 Å². The highest BCUT2D eigenvalue weighted by molar-refractivity contribution is 6.20. The maximum absolute atomic E-state index is 13.2. The number of nitrogens with one attached hydrogen (secondary N) is 1. The highest BCUT2D eigenvalue weighted by Gasteiger charge is 2.24. The zero-order valence-corrected chi connectivity index (χ0v) is 16.0. The van der Waals surface area contributed by atoms with Gasteiger partial charge in [-0.15, -0.1) is 0 Å². The number of fused-ring (bicyclic) bond motifs is 2. The van der Waals surface area contributed by atoms with Crippen molar-refractivity contribution in [2.45, 2.75) is 0 Å². The second kappa shape index (κ2) is 7.33. The van der Waals surface area contributed by atoms with Crippen LogP contribution in [0.1, 0.15) is 26.5 Å². The van der Waals surface area contributed by atoms with E-state index < -0.39 is 0 Å². The third-order valence-electron chi connectivity index (χ3n) is 5.11. The van der Waals surface area contributed by atoms with Crippen LogP contribution in [-0.2, 0) is 0 Å². The van der Waals surface area contributed by atoms with Crippen molar-refractivity contribution in [1.82, 2.24) is 0 Å². The molecule has 4 nitrogen and oxygen atoms in total. The first-order chi connectivity index (χ1) is 14.7. The van der Waals surface area contributed by atoms with Gasteiger partial charge in [-0.05, 0) is 29.0 Å². The van der Waals surface area contributed by atoms with Crippen molar-refractivity contribution in [3.8, 4) is 0 Å². The monoisotopic (exact) mass is 391 g/mol. The standard InChI is InChI=1S/C26H17NO3/c28-24(18-10-2-1-3-11-18)25-23(21-14-6-7-16-22(21)30-25)27-26(29)20-15-8-12-17-9-4-5-13-19(17)20/h1-16H,(H,27,29). The van der Waals surface area contributed by atoms with E-state index in [9.17, 15) is 9.59 Å². The lowest BCUT2D eigenvalue weighted by atomic mass is 10.0. The minimum Gasteiger partial charge on any atom is -0.450 e. The van der Waals surface area contributed by atoms with Gasteiger partial charge in [0.15, 0.2) is 5.76 Å². The number of furan rings is 1. The lowest BCUT2D eigenvalue weighted by Gasteiger charge is -2.09. The summed E-state index contributed by atoms with van der Waals surface area (Å²) in [7, 11) is 0. The average molecular weight is 391 g/mol. The van der Waals surface area contributed by atoms with Gasteiger partial charge in [0.1, 0.15) is 5.58 Å². The first-order valence-electron chi connectivity index (χ1n) is 9.63. The topological polar surface area (TPSA) is 59.3 Å². The molecule has 0 aliphatic heterocycles. The third kappa shape index (κ3) is 3.05. The summed E-state index contributed by atoms with van der Waals surface area (Å²) in [6.45, 7) is 0. The van der Waals surface area contributed by atoms with Gasteiger partial charge in [-0.2, -0.15) is 0 Å². The predicted molar refractivity (Wildman–Crippen MR) is 118 cm³/mol. The van der Waals surface area contributed by atoms with Crippen molar-refractivity contribution >= 4 is 39.1 Å². The Morgan fingerprint density at radius 2 is 1.33 bits per heavy atom. The number of rotatable bonds is 4. The summed E-state index contributed by atoms with van der Waals surface area (Å²) in [6.07, 6.45) is 0. The molecule has 0 spiro atoms. The lowest BCUT2D eigenvalue weighted by molar-refractivity contribution is 0.101. The number of amides is 1. The summed E-state index contributed by atoms with van der Waals surface area (Å²) in [6, 6.07) is 29.5. The summed E-state index contributed by atoms with van der Waals surface area (Å²) in [5.41, 5.74) is 1.97. The zero-order chi connectivity index (χ0) is 20.5. The van der Waals surface area contributed by atoms with Crippen LogP contribution >= 0.6 is 0 Å². The van der Waals surface area contributed by atoms with Gasteiger partial charge in [0, 0.05) is 16.5 Å². The molecule has 0 saturated heterocycles. The molecule has 144 valence electrons. The molecule has 4 heteroatoms. The highest BCUT2D eigenvalue weighted by Crippen LogP contribution is 2.33. The van der Waals surface area contributed by atoms with Crippen molar-refractivity contribution in [2.24, 2.45) is 0 Å². The molecule has 0 radical (unpaired) electrons. The van der Waals surface area contributed by atoms with E-state index in [1.165, 1.54) is 0 Å². The largest absolute Gasteiger partial charge is 0.450 e. The highest BCUT2D eigenvalue weighted by atomic mass is 16.3. The fourth-order valence-corrected chi connectivity index (χ4v) is 3.65. The smallest absolute Gasteiger partial charge is 0.256 e.